The SMILES string of the molecule is CO[C@@H]1CCCC[C@@H](NC(=O)c2oc3ccccc3c2C)[C@H]1O. The van der Waals surface area contributed by atoms with E-state index >= 15 is 0 Å². The molecule has 5 nitrogen and oxygen atoms in total. The number of hydrogen-bond donors (Lipinski definition) is 2. The lowest BCUT2D eigenvalue weighted by molar-refractivity contribution is -0.0278. The molecule has 0 bridgehead atoms. The van der Waals surface area contributed by atoms with E-state index in [-0.39, 0.29) is 18.1 Å². The molecule has 2 aromatic rings. The van der Waals surface area contributed by atoms with E-state index < -0.39 is 6.10 Å². The van der Waals surface area contributed by atoms with Crippen molar-refractivity contribution in [1.82, 2.24) is 5.32 Å². The van der Waals surface area contributed by atoms with Crippen molar-refractivity contribution in [2.45, 2.75) is 50.9 Å². The quantitative estimate of drug-likeness (QED) is 0.854. The minimum Gasteiger partial charge on any atom is -0.451 e. The molecule has 0 saturated heterocycles. The minimum absolute atomic E-state index is 0.237. The van der Waals surface area contributed by atoms with Crippen LogP contribution < -0.4 is 5.32 Å². The number of furan rings is 1. The summed E-state index contributed by atoms with van der Waals surface area (Å²) in [6, 6.07) is 7.27. The third-order valence-electron chi connectivity index (χ3n) is 4.72. The highest BCUT2D eigenvalue weighted by atomic mass is 16.5. The molecule has 3 atom stereocenters. The van der Waals surface area contributed by atoms with Gasteiger partial charge in [-0.15, -0.1) is 0 Å². The highest BCUT2D eigenvalue weighted by Crippen LogP contribution is 2.26. The number of nitrogens with one attached hydrogen (secondary N) is 1. The number of carbonyl (C=O) groups excluding carboxylic acids is 1. The molecule has 1 amide bonds. The van der Waals surface area contributed by atoms with Crippen LogP contribution >= 0.6 is 0 Å². The summed E-state index contributed by atoms with van der Waals surface area (Å²) in [5, 5.41) is 14.3. The van der Waals surface area contributed by atoms with Crippen LogP contribution in [0.5, 0.6) is 0 Å². The predicted molar refractivity (Wildman–Crippen MR) is 87.5 cm³/mol. The van der Waals surface area contributed by atoms with Crippen LogP contribution in [0.15, 0.2) is 28.7 Å². The Bertz CT molecular complexity index is 693. The van der Waals surface area contributed by atoms with Gasteiger partial charge in [-0.3, -0.25) is 4.79 Å². The van der Waals surface area contributed by atoms with Crippen LogP contribution in [0.1, 0.15) is 41.8 Å². The van der Waals surface area contributed by atoms with Crippen LogP contribution in [-0.2, 0) is 4.74 Å². The Balaban J connectivity index is 1.80. The Morgan fingerprint density at radius 2 is 2.04 bits per heavy atom. The van der Waals surface area contributed by atoms with Gasteiger partial charge in [-0.2, -0.15) is 0 Å². The van der Waals surface area contributed by atoms with Gasteiger partial charge in [0.05, 0.1) is 12.1 Å². The third-order valence-corrected chi connectivity index (χ3v) is 4.72. The second-order valence-corrected chi connectivity index (χ2v) is 6.18. The fraction of sp³-hybridized carbons (Fsp3) is 0.500. The summed E-state index contributed by atoms with van der Waals surface area (Å²) in [6.07, 6.45) is 2.57. The number of hydrogen-bond acceptors (Lipinski definition) is 4. The van der Waals surface area contributed by atoms with Crippen LogP contribution in [0.4, 0.5) is 0 Å². The van der Waals surface area contributed by atoms with Gasteiger partial charge in [0, 0.05) is 18.1 Å². The molecule has 1 aliphatic carbocycles. The maximum absolute atomic E-state index is 12.6. The van der Waals surface area contributed by atoms with Crippen LogP contribution in [0.25, 0.3) is 11.0 Å². The van der Waals surface area contributed by atoms with E-state index in [0.717, 1.165) is 36.6 Å². The van der Waals surface area contributed by atoms with Crippen molar-refractivity contribution in [3.05, 3.63) is 35.6 Å². The minimum atomic E-state index is -0.698. The molecule has 1 saturated carbocycles. The van der Waals surface area contributed by atoms with Gasteiger partial charge in [0.1, 0.15) is 11.7 Å². The summed E-state index contributed by atoms with van der Waals surface area (Å²) in [7, 11) is 1.60. The number of ether oxygens (including phenoxy) is 1. The number of rotatable bonds is 3. The fourth-order valence-corrected chi connectivity index (χ4v) is 3.35. The van der Waals surface area contributed by atoms with Gasteiger partial charge in [-0.25, -0.2) is 0 Å². The van der Waals surface area contributed by atoms with E-state index in [0.29, 0.717) is 11.3 Å². The normalized spacial score (nSPS) is 25.3. The number of aliphatic hydroxyl groups excluding tert-OH is 1. The second-order valence-electron chi connectivity index (χ2n) is 6.18. The molecule has 1 aliphatic rings. The second kappa shape index (κ2) is 6.72. The maximum Gasteiger partial charge on any atom is 0.287 e. The first kappa shape index (κ1) is 16.0. The summed E-state index contributed by atoms with van der Waals surface area (Å²) in [5.41, 5.74) is 1.52. The number of fused-ring (bicyclic) bond motifs is 1. The van der Waals surface area contributed by atoms with E-state index in [1.807, 2.05) is 31.2 Å². The van der Waals surface area contributed by atoms with Crippen molar-refractivity contribution in [3.8, 4) is 0 Å². The Hall–Kier alpha value is -1.85. The molecule has 1 fully saturated rings. The molecule has 23 heavy (non-hydrogen) atoms. The van der Waals surface area contributed by atoms with E-state index in [9.17, 15) is 9.90 Å². The summed E-state index contributed by atoms with van der Waals surface area (Å²) < 4.78 is 11.0. The molecule has 0 radical (unpaired) electrons. The van der Waals surface area contributed by atoms with Gasteiger partial charge in [-0.05, 0) is 25.8 Å². The number of methoxy groups -OCH3 is 1. The number of para-hydroxylation sites is 1. The first-order valence-corrected chi connectivity index (χ1v) is 8.11. The lowest BCUT2D eigenvalue weighted by Crippen LogP contribution is -2.48. The third kappa shape index (κ3) is 3.12. The monoisotopic (exact) mass is 317 g/mol. The predicted octanol–water partition coefficient (Wildman–Crippen LogP) is 2.79. The lowest BCUT2D eigenvalue weighted by Gasteiger charge is -2.26. The summed E-state index contributed by atoms with van der Waals surface area (Å²) in [6.45, 7) is 1.88. The number of aliphatic hydroxyl groups is 1. The summed E-state index contributed by atoms with van der Waals surface area (Å²) >= 11 is 0. The van der Waals surface area contributed by atoms with Crippen molar-refractivity contribution in [3.63, 3.8) is 0 Å². The van der Waals surface area contributed by atoms with Crippen molar-refractivity contribution in [2.75, 3.05) is 7.11 Å². The Morgan fingerprint density at radius 1 is 1.30 bits per heavy atom. The molecule has 1 heterocycles. The first-order valence-electron chi connectivity index (χ1n) is 8.11. The van der Waals surface area contributed by atoms with Crippen LogP contribution in [-0.4, -0.2) is 36.4 Å². The van der Waals surface area contributed by atoms with Crippen molar-refractivity contribution in [1.29, 1.82) is 0 Å². The molecule has 3 rings (SSSR count). The molecule has 5 heteroatoms. The van der Waals surface area contributed by atoms with Crippen LogP contribution in [0, 0.1) is 6.92 Å². The van der Waals surface area contributed by atoms with E-state index in [4.69, 9.17) is 9.15 Å². The highest BCUT2D eigenvalue weighted by Gasteiger charge is 2.32. The van der Waals surface area contributed by atoms with Gasteiger partial charge < -0.3 is 19.6 Å². The highest BCUT2D eigenvalue weighted by molar-refractivity contribution is 5.99. The Morgan fingerprint density at radius 3 is 2.78 bits per heavy atom. The molecule has 0 spiro atoms. The molecular formula is C18H23NO4. The van der Waals surface area contributed by atoms with Gasteiger partial charge in [0.2, 0.25) is 0 Å². The zero-order chi connectivity index (χ0) is 16.4. The summed E-state index contributed by atoms with van der Waals surface area (Å²) in [4.78, 5) is 12.6. The Labute approximate surface area is 135 Å². The number of amides is 1. The average molecular weight is 317 g/mol. The van der Waals surface area contributed by atoms with Crippen molar-refractivity contribution >= 4 is 16.9 Å². The molecule has 1 aromatic heterocycles. The van der Waals surface area contributed by atoms with Crippen molar-refractivity contribution in [2.24, 2.45) is 0 Å². The molecular weight excluding hydrogens is 294 g/mol. The number of aryl methyl sites for hydroxylation is 1. The summed E-state index contributed by atoms with van der Waals surface area (Å²) in [5.74, 6) is 0.0381. The maximum atomic E-state index is 12.6. The average Bonchev–Trinajstić information content (AvgIpc) is 2.80. The lowest BCUT2D eigenvalue weighted by atomic mass is 10.0. The number of carbonyl (C=O) groups is 1. The molecule has 0 aliphatic heterocycles. The van der Waals surface area contributed by atoms with Gasteiger partial charge in [0.25, 0.3) is 5.91 Å². The molecule has 124 valence electrons. The molecule has 0 unspecified atom stereocenters. The van der Waals surface area contributed by atoms with E-state index in [2.05, 4.69) is 5.32 Å². The van der Waals surface area contributed by atoms with Gasteiger partial charge in [0.15, 0.2) is 5.76 Å². The fourth-order valence-electron chi connectivity index (χ4n) is 3.35. The first-order chi connectivity index (χ1) is 11.1. The largest absolute Gasteiger partial charge is 0.451 e. The van der Waals surface area contributed by atoms with Gasteiger partial charge >= 0.3 is 0 Å². The van der Waals surface area contributed by atoms with E-state index in [1.165, 1.54) is 0 Å². The zero-order valence-electron chi connectivity index (χ0n) is 13.5. The molecule has 2 N–H and O–H groups in total. The van der Waals surface area contributed by atoms with E-state index in [1.54, 1.807) is 7.11 Å². The Kier molecular flexibility index (Phi) is 4.68. The standard InChI is InChI=1S/C18H23NO4/c1-11-12-7-3-5-9-14(12)23-17(11)18(21)19-13-8-4-6-10-15(22-2)16(13)20/h3,5,7,9,13,15-16,20H,4,6,8,10H2,1-2H3,(H,19,21)/t13-,15-,16-/m1/s1. The van der Waals surface area contributed by atoms with Crippen molar-refractivity contribution < 1.29 is 19.1 Å². The van der Waals surface area contributed by atoms with Gasteiger partial charge in [-0.1, -0.05) is 31.0 Å². The van der Waals surface area contributed by atoms with Crippen LogP contribution in [0.2, 0.25) is 0 Å². The van der Waals surface area contributed by atoms with Crippen LogP contribution in [0.3, 0.4) is 0 Å². The molecule has 1 aromatic carbocycles. The topological polar surface area (TPSA) is 71.7 Å². The smallest absolute Gasteiger partial charge is 0.287 e. The zero-order valence-corrected chi connectivity index (χ0v) is 13.5. The number of benzene rings is 1.